The van der Waals surface area contributed by atoms with Crippen LogP contribution in [0.1, 0.15) is 5.82 Å². The molecule has 0 aliphatic heterocycles. The minimum Gasteiger partial charge on any atom is -0.482 e. The quantitative estimate of drug-likeness (QED) is 0.351. The number of alkyl halides is 3. The smallest absolute Gasteiger partial charge is 0.422 e. The molecule has 0 aliphatic rings. The van der Waals surface area contributed by atoms with Gasteiger partial charge in [0.25, 0.3) is 0 Å². The van der Waals surface area contributed by atoms with Gasteiger partial charge in [0.2, 0.25) is 0 Å². The second kappa shape index (κ2) is 8.74. The average Bonchev–Trinajstić information content (AvgIpc) is 3.22. The van der Waals surface area contributed by atoms with E-state index in [-0.39, 0.29) is 17.9 Å². The van der Waals surface area contributed by atoms with Crippen molar-refractivity contribution >= 4 is 22.4 Å². The van der Waals surface area contributed by atoms with Crippen molar-refractivity contribution in [2.45, 2.75) is 12.7 Å². The van der Waals surface area contributed by atoms with Crippen LogP contribution in [0.2, 0.25) is 0 Å². The zero-order valence-corrected chi connectivity index (χ0v) is 17.6. The van der Waals surface area contributed by atoms with Gasteiger partial charge in [-0.2, -0.15) is 22.8 Å². The summed E-state index contributed by atoms with van der Waals surface area (Å²) in [4.78, 5) is 8.30. The molecule has 0 fully saturated rings. The van der Waals surface area contributed by atoms with E-state index in [1.807, 2.05) is 0 Å². The van der Waals surface area contributed by atoms with Crippen molar-refractivity contribution < 1.29 is 26.7 Å². The highest BCUT2D eigenvalue weighted by Crippen LogP contribution is 2.25. The molecular weight excluding hydrogens is 473 g/mol. The van der Waals surface area contributed by atoms with Gasteiger partial charge in [0.05, 0.1) is 29.6 Å². The Morgan fingerprint density at radius 3 is 2.51 bits per heavy atom. The molecule has 13 heteroatoms. The monoisotopic (exact) mass is 487 g/mol. The van der Waals surface area contributed by atoms with E-state index in [2.05, 4.69) is 30.6 Å². The van der Waals surface area contributed by atoms with Gasteiger partial charge in [-0.15, -0.1) is 10.2 Å². The van der Waals surface area contributed by atoms with Gasteiger partial charge in [-0.25, -0.2) is 13.8 Å². The molecule has 4 aromatic heterocycles. The van der Waals surface area contributed by atoms with Gasteiger partial charge in [0.1, 0.15) is 22.9 Å². The Hall–Kier alpha value is -4.42. The molecule has 0 unspecified atom stereocenters. The predicted molar refractivity (Wildman–Crippen MR) is 115 cm³/mol. The number of ether oxygens (including phenoxy) is 1. The van der Waals surface area contributed by atoms with Gasteiger partial charge < -0.3 is 10.1 Å². The topological polar surface area (TPSA) is 90.1 Å². The molecule has 4 heterocycles. The van der Waals surface area contributed by atoms with Crippen LogP contribution in [0.25, 0.3) is 27.9 Å². The fourth-order valence-electron chi connectivity index (χ4n) is 3.37. The molecule has 0 aliphatic carbocycles. The Balaban J connectivity index is 1.39. The van der Waals surface area contributed by atoms with Crippen LogP contribution in [0.4, 0.5) is 27.6 Å². The molecular formula is C22H14F5N7O. The second-order valence-corrected chi connectivity index (χ2v) is 7.42. The van der Waals surface area contributed by atoms with Crippen LogP contribution in [-0.4, -0.2) is 42.6 Å². The largest absolute Gasteiger partial charge is 0.482 e. The summed E-state index contributed by atoms with van der Waals surface area (Å²) in [5.74, 6) is -1.12. The van der Waals surface area contributed by atoms with Crippen LogP contribution in [0.5, 0.6) is 5.75 Å². The molecule has 0 bridgehead atoms. The minimum atomic E-state index is -4.47. The number of halogens is 5. The normalized spacial score (nSPS) is 11.8. The summed E-state index contributed by atoms with van der Waals surface area (Å²) in [5.41, 5.74) is 2.27. The molecule has 8 nitrogen and oxygen atoms in total. The fourth-order valence-corrected chi connectivity index (χ4v) is 3.37. The number of nitrogens with one attached hydrogen (secondary N) is 1. The van der Waals surface area contributed by atoms with E-state index in [4.69, 9.17) is 4.74 Å². The zero-order valence-electron chi connectivity index (χ0n) is 17.6. The lowest BCUT2D eigenvalue weighted by atomic mass is 10.1. The van der Waals surface area contributed by atoms with E-state index in [1.54, 1.807) is 18.2 Å². The van der Waals surface area contributed by atoms with E-state index in [0.29, 0.717) is 33.9 Å². The van der Waals surface area contributed by atoms with E-state index in [0.717, 1.165) is 6.07 Å². The van der Waals surface area contributed by atoms with Crippen molar-refractivity contribution in [1.82, 2.24) is 29.8 Å². The number of benzene rings is 1. The highest BCUT2D eigenvalue weighted by atomic mass is 19.4. The van der Waals surface area contributed by atoms with Gasteiger partial charge in [0, 0.05) is 23.9 Å². The van der Waals surface area contributed by atoms with Crippen molar-refractivity contribution in [3.63, 3.8) is 0 Å². The second-order valence-electron chi connectivity index (χ2n) is 7.42. The van der Waals surface area contributed by atoms with Crippen LogP contribution in [0, 0.1) is 11.6 Å². The van der Waals surface area contributed by atoms with Crippen molar-refractivity contribution in [1.29, 1.82) is 0 Å². The summed E-state index contributed by atoms with van der Waals surface area (Å²) in [6, 6.07) is 9.30. The molecule has 0 atom stereocenters. The standard InChI is InChI=1S/C22H14F5N7O/c23-13-5-12(6-14(24)7-13)16-1-2-19-31-32-20(34(19)33-16)10-29-17-3-4-28-18-8-15(9-30-21(17)18)35-11-22(25,26)27/h1-9H,10-11H2,(H,28,29). The molecule has 1 N–H and O–H groups in total. The van der Waals surface area contributed by atoms with Crippen molar-refractivity contribution in [2.24, 2.45) is 0 Å². The number of aromatic nitrogens is 6. The van der Waals surface area contributed by atoms with Crippen molar-refractivity contribution in [2.75, 3.05) is 11.9 Å². The molecule has 178 valence electrons. The van der Waals surface area contributed by atoms with E-state index in [9.17, 15) is 22.0 Å². The Labute approximate surface area is 193 Å². The molecule has 0 amide bonds. The Kier molecular flexibility index (Phi) is 5.59. The average molecular weight is 487 g/mol. The summed E-state index contributed by atoms with van der Waals surface area (Å²) in [5, 5.41) is 15.7. The summed E-state index contributed by atoms with van der Waals surface area (Å²) in [6.45, 7) is -1.29. The lowest BCUT2D eigenvalue weighted by Gasteiger charge is -2.11. The predicted octanol–water partition coefficient (Wildman–Crippen LogP) is 4.57. The maximum Gasteiger partial charge on any atom is 0.422 e. The first-order chi connectivity index (χ1) is 16.7. The number of nitrogens with zero attached hydrogens (tertiary/aromatic N) is 6. The third-order valence-corrected chi connectivity index (χ3v) is 4.88. The molecule has 35 heavy (non-hydrogen) atoms. The third kappa shape index (κ3) is 4.93. The van der Waals surface area contributed by atoms with Crippen molar-refractivity contribution in [3.8, 4) is 17.0 Å². The Morgan fingerprint density at radius 1 is 0.943 bits per heavy atom. The highest BCUT2D eigenvalue weighted by molar-refractivity contribution is 5.87. The molecule has 0 saturated carbocycles. The van der Waals surface area contributed by atoms with Crippen molar-refractivity contribution in [3.05, 3.63) is 72.3 Å². The summed E-state index contributed by atoms with van der Waals surface area (Å²) >= 11 is 0. The maximum atomic E-state index is 13.6. The molecule has 5 rings (SSSR count). The van der Waals surface area contributed by atoms with Gasteiger partial charge >= 0.3 is 6.18 Å². The fraction of sp³-hybridized carbons (Fsp3) is 0.136. The number of rotatable bonds is 6. The van der Waals surface area contributed by atoms with Crippen LogP contribution in [0.3, 0.4) is 0 Å². The molecule has 0 spiro atoms. The molecule has 1 aromatic carbocycles. The van der Waals surface area contributed by atoms with Crippen LogP contribution < -0.4 is 10.1 Å². The van der Waals surface area contributed by atoms with E-state index >= 15 is 0 Å². The first kappa shape index (κ1) is 22.4. The first-order valence-electron chi connectivity index (χ1n) is 10.1. The van der Waals surface area contributed by atoms with Crippen LogP contribution in [0.15, 0.2) is 54.9 Å². The summed E-state index contributed by atoms with van der Waals surface area (Å²) in [7, 11) is 0. The van der Waals surface area contributed by atoms with E-state index < -0.39 is 24.4 Å². The van der Waals surface area contributed by atoms with Crippen LogP contribution in [-0.2, 0) is 6.54 Å². The van der Waals surface area contributed by atoms with Gasteiger partial charge in [-0.3, -0.25) is 4.98 Å². The Morgan fingerprint density at radius 2 is 1.74 bits per heavy atom. The van der Waals surface area contributed by atoms with Gasteiger partial charge in [0.15, 0.2) is 18.1 Å². The Bertz CT molecular complexity index is 1520. The number of hydrogen-bond acceptors (Lipinski definition) is 7. The SMILES string of the molecule is Fc1cc(F)cc(-c2ccc3nnc(CNc4ccnc5cc(OCC(F)(F)F)cnc45)n3n2)c1. The number of pyridine rings is 2. The highest BCUT2D eigenvalue weighted by Gasteiger charge is 2.28. The molecule has 0 saturated heterocycles. The summed E-state index contributed by atoms with van der Waals surface area (Å²) in [6.07, 6.45) is -1.82. The lowest BCUT2D eigenvalue weighted by molar-refractivity contribution is -0.153. The minimum absolute atomic E-state index is 0.0616. The third-order valence-electron chi connectivity index (χ3n) is 4.88. The molecule has 0 radical (unpaired) electrons. The lowest BCUT2D eigenvalue weighted by Crippen LogP contribution is -2.19. The molecule has 5 aromatic rings. The number of fused-ring (bicyclic) bond motifs is 2. The van der Waals surface area contributed by atoms with Gasteiger partial charge in [-0.05, 0) is 30.3 Å². The maximum absolute atomic E-state index is 13.6. The first-order valence-corrected chi connectivity index (χ1v) is 10.1. The number of anilines is 1. The van der Waals surface area contributed by atoms with Crippen LogP contribution >= 0.6 is 0 Å². The number of hydrogen-bond donors (Lipinski definition) is 1. The zero-order chi connectivity index (χ0) is 24.6. The van der Waals surface area contributed by atoms with Gasteiger partial charge in [-0.1, -0.05) is 0 Å². The van der Waals surface area contributed by atoms with E-state index in [1.165, 1.54) is 35.1 Å². The summed E-state index contributed by atoms with van der Waals surface area (Å²) < 4.78 is 70.6.